The Balaban J connectivity index is 1.46. The summed E-state index contributed by atoms with van der Waals surface area (Å²) in [7, 11) is 0. The summed E-state index contributed by atoms with van der Waals surface area (Å²) in [6.07, 6.45) is 0. The Hall–Kier alpha value is -3.68. The van der Waals surface area contributed by atoms with Gasteiger partial charge in [-0.3, -0.25) is 14.4 Å². The number of carbonyl (C=O) groups excluding carboxylic acids is 4. The molecule has 0 saturated carbocycles. The predicted molar refractivity (Wildman–Crippen MR) is 129 cm³/mol. The fourth-order valence-electron chi connectivity index (χ4n) is 3.68. The highest BCUT2D eigenvalue weighted by molar-refractivity contribution is 6.35. The minimum Gasteiger partial charge on any atom is -0.452 e. The lowest BCUT2D eigenvalue weighted by Gasteiger charge is -2.16. The van der Waals surface area contributed by atoms with E-state index in [1.807, 2.05) is 26.0 Å². The molecule has 4 rings (SSSR count). The zero-order chi connectivity index (χ0) is 24.6. The Morgan fingerprint density at radius 3 is 2.24 bits per heavy atom. The second-order valence-corrected chi connectivity index (χ2v) is 8.65. The summed E-state index contributed by atoms with van der Waals surface area (Å²) >= 11 is 11.8. The normalized spacial score (nSPS) is 12.5. The van der Waals surface area contributed by atoms with Crippen molar-refractivity contribution in [1.29, 1.82) is 0 Å². The van der Waals surface area contributed by atoms with Gasteiger partial charge in [0.05, 0.1) is 22.4 Å². The number of nitrogens with one attached hydrogen (secondary N) is 1. The van der Waals surface area contributed by atoms with E-state index in [-0.39, 0.29) is 16.7 Å². The van der Waals surface area contributed by atoms with Gasteiger partial charge >= 0.3 is 5.97 Å². The molecular formula is C25H18Cl2N2O5. The van der Waals surface area contributed by atoms with Crippen LogP contribution in [0.3, 0.4) is 0 Å². The van der Waals surface area contributed by atoms with Crippen LogP contribution in [0.2, 0.25) is 10.0 Å². The molecule has 0 saturated heterocycles. The largest absolute Gasteiger partial charge is 0.452 e. The molecule has 0 aliphatic carbocycles. The number of halogens is 2. The molecule has 3 amide bonds. The lowest BCUT2D eigenvalue weighted by atomic mass is 10.1. The molecule has 3 aromatic rings. The standard InChI is InChI=1S/C25H18Cl2N2O5/c1-13-3-6-21(14(2)7-13)29-23(31)19-5-4-15(8-20(19)24(29)32)25(33)34-12-22(30)28-18-10-16(26)9-17(27)11-18/h3-11H,12H2,1-2H3,(H,28,30). The van der Waals surface area contributed by atoms with E-state index in [1.165, 1.54) is 36.4 Å². The number of carbonyl (C=O) groups is 4. The molecule has 1 aliphatic rings. The lowest BCUT2D eigenvalue weighted by Crippen LogP contribution is -2.30. The third-order valence-electron chi connectivity index (χ3n) is 5.20. The van der Waals surface area contributed by atoms with E-state index in [0.717, 1.165) is 16.0 Å². The summed E-state index contributed by atoms with van der Waals surface area (Å²) in [5.41, 5.74) is 2.95. The first-order valence-electron chi connectivity index (χ1n) is 10.2. The van der Waals surface area contributed by atoms with Crippen molar-refractivity contribution in [2.75, 3.05) is 16.8 Å². The SMILES string of the molecule is Cc1ccc(N2C(=O)c3ccc(C(=O)OCC(=O)Nc4cc(Cl)cc(Cl)c4)cc3C2=O)c(C)c1. The molecule has 0 unspecified atom stereocenters. The van der Waals surface area contributed by atoms with Crippen LogP contribution >= 0.6 is 23.2 Å². The third kappa shape index (κ3) is 4.66. The van der Waals surface area contributed by atoms with Crippen LogP contribution in [-0.2, 0) is 9.53 Å². The minimum atomic E-state index is -0.813. The van der Waals surface area contributed by atoms with Crippen molar-refractivity contribution in [3.05, 3.63) is 92.5 Å². The highest BCUT2D eigenvalue weighted by Gasteiger charge is 2.37. The molecule has 0 fully saturated rings. The van der Waals surface area contributed by atoms with Gasteiger partial charge in [-0.25, -0.2) is 9.69 Å². The van der Waals surface area contributed by atoms with Gasteiger partial charge in [0, 0.05) is 15.7 Å². The summed E-state index contributed by atoms with van der Waals surface area (Å²) in [5.74, 6) is -2.41. The highest BCUT2D eigenvalue weighted by atomic mass is 35.5. The van der Waals surface area contributed by atoms with Crippen LogP contribution in [0.15, 0.2) is 54.6 Å². The summed E-state index contributed by atoms with van der Waals surface area (Å²) in [4.78, 5) is 51.6. The first-order valence-corrected chi connectivity index (χ1v) is 10.9. The van der Waals surface area contributed by atoms with Crippen LogP contribution in [0.1, 0.15) is 42.2 Å². The number of aryl methyl sites for hydroxylation is 2. The number of rotatable bonds is 5. The van der Waals surface area contributed by atoms with Crippen molar-refractivity contribution in [3.63, 3.8) is 0 Å². The van der Waals surface area contributed by atoms with Crippen LogP contribution < -0.4 is 10.2 Å². The van der Waals surface area contributed by atoms with Gasteiger partial charge in [0.1, 0.15) is 0 Å². The predicted octanol–water partition coefficient (Wildman–Crippen LogP) is 5.21. The molecule has 0 radical (unpaired) electrons. The molecule has 172 valence electrons. The second-order valence-electron chi connectivity index (χ2n) is 7.78. The number of esters is 1. The number of amides is 3. The Bertz CT molecular complexity index is 1350. The molecule has 1 heterocycles. The lowest BCUT2D eigenvalue weighted by molar-refractivity contribution is -0.119. The number of imide groups is 1. The van der Waals surface area contributed by atoms with Gasteiger partial charge in [-0.1, -0.05) is 40.9 Å². The van der Waals surface area contributed by atoms with Crippen molar-refractivity contribution in [1.82, 2.24) is 0 Å². The van der Waals surface area contributed by atoms with E-state index in [4.69, 9.17) is 27.9 Å². The van der Waals surface area contributed by atoms with Gasteiger partial charge in [0.25, 0.3) is 17.7 Å². The third-order valence-corrected chi connectivity index (χ3v) is 5.63. The number of ether oxygens (including phenoxy) is 1. The Morgan fingerprint density at radius 1 is 0.882 bits per heavy atom. The second kappa shape index (κ2) is 9.29. The molecule has 7 nitrogen and oxygen atoms in total. The number of benzene rings is 3. The molecule has 1 N–H and O–H groups in total. The molecule has 0 aromatic heterocycles. The molecule has 0 spiro atoms. The molecule has 0 atom stereocenters. The molecular weight excluding hydrogens is 479 g/mol. The van der Waals surface area contributed by atoms with Gasteiger partial charge in [-0.15, -0.1) is 0 Å². The fourth-order valence-corrected chi connectivity index (χ4v) is 4.21. The van der Waals surface area contributed by atoms with Gasteiger partial charge in [0.15, 0.2) is 6.61 Å². The quantitative estimate of drug-likeness (QED) is 0.386. The first kappa shape index (κ1) is 23.5. The summed E-state index contributed by atoms with van der Waals surface area (Å²) in [6, 6.07) is 14.0. The monoisotopic (exact) mass is 496 g/mol. The van der Waals surface area contributed by atoms with Crippen LogP contribution in [0, 0.1) is 13.8 Å². The van der Waals surface area contributed by atoms with Gasteiger partial charge in [-0.2, -0.15) is 0 Å². The molecule has 34 heavy (non-hydrogen) atoms. The van der Waals surface area contributed by atoms with Gasteiger partial charge < -0.3 is 10.1 Å². The molecule has 3 aromatic carbocycles. The summed E-state index contributed by atoms with van der Waals surface area (Å²) < 4.78 is 5.06. The highest BCUT2D eigenvalue weighted by Crippen LogP contribution is 2.31. The van der Waals surface area contributed by atoms with E-state index in [9.17, 15) is 19.2 Å². The maximum Gasteiger partial charge on any atom is 0.338 e. The van der Waals surface area contributed by atoms with Crippen molar-refractivity contribution in [3.8, 4) is 0 Å². The van der Waals surface area contributed by atoms with Crippen LogP contribution in [0.4, 0.5) is 11.4 Å². The Labute approximate surface area is 205 Å². The van der Waals surface area contributed by atoms with E-state index in [0.29, 0.717) is 21.4 Å². The summed E-state index contributed by atoms with van der Waals surface area (Å²) in [5, 5.41) is 3.21. The number of hydrogen-bond acceptors (Lipinski definition) is 5. The smallest absolute Gasteiger partial charge is 0.338 e. The molecule has 9 heteroatoms. The van der Waals surface area contributed by atoms with E-state index in [2.05, 4.69) is 5.32 Å². The Kier molecular flexibility index (Phi) is 6.41. The van der Waals surface area contributed by atoms with E-state index in [1.54, 1.807) is 6.07 Å². The molecule has 1 aliphatic heterocycles. The zero-order valence-corrected chi connectivity index (χ0v) is 19.7. The van der Waals surface area contributed by atoms with Crippen molar-refractivity contribution in [2.24, 2.45) is 0 Å². The topological polar surface area (TPSA) is 92.8 Å². The van der Waals surface area contributed by atoms with Crippen molar-refractivity contribution < 1.29 is 23.9 Å². The Morgan fingerprint density at radius 2 is 1.56 bits per heavy atom. The number of hydrogen-bond donors (Lipinski definition) is 1. The van der Waals surface area contributed by atoms with Crippen molar-refractivity contribution in [2.45, 2.75) is 13.8 Å². The van der Waals surface area contributed by atoms with Crippen LogP contribution in [0.5, 0.6) is 0 Å². The van der Waals surface area contributed by atoms with Crippen LogP contribution in [0.25, 0.3) is 0 Å². The number of nitrogens with zero attached hydrogens (tertiary/aromatic N) is 1. The first-order chi connectivity index (χ1) is 16.1. The molecule has 0 bridgehead atoms. The number of fused-ring (bicyclic) bond motifs is 1. The van der Waals surface area contributed by atoms with Crippen molar-refractivity contribution >= 4 is 58.3 Å². The minimum absolute atomic E-state index is 0.0426. The van der Waals surface area contributed by atoms with Gasteiger partial charge in [-0.05, 0) is 61.9 Å². The van der Waals surface area contributed by atoms with Gasteiger partial charge in [0.2, 0.25) is 0 Å². The maximum atomic E-state index is 13.0. The fraction of sp³-hybridized carbons (Fsp3) is 0.120. The zero-order valence-electron chi connectivity index (χ0n) is 18.1. The number of anilines is 2. The van der Waals surface area contributed by atoms with E-state index >= 15 is 0 Å². The summed E-state index contributed by atoms with van der Waals surface area (Å²) in [6.45, 7) is 3.17. The maximum absolute atomic E-state index is 13.0. The van der Waals surface area contributed by atoms with Crippen LogP contribution in [-0.4, -0.2) is 30.3 Å². The van der Waals surface area contributed by atoms with E-state index < -0.39 is 30.3 Å². The average Bonchev–Trinajstić information content (AvgIpc) is 3.01. The average molecular weight is 497 g/mol.